The molecule has 17 heavy (non-hydrogen) atoms. The van der Waals surface area contributed by atoms with E-state index < -0.39 is 0 Å². The van der Waals surface area contributed by atoms with Crippen molar-refractivity contribution in [2.45, 2.75) is 13.8 Å². The quantitative estimate of drug-likeness (QED) is 0.637. The molecule has 2 rings (SSSR count). The van der Waals surface area contributed by atoms with Crippen molar-refractivity contribution in [2.75, 3.05) is 0 Å². The van der Waals surface area contributed by atoms with Gasteiger partial charge in [-0.3, -0.25) is 0 Å². The van der Waals surface area contributed by atoms with E-state index >= 15 is 0 Å². The molecule has 1 aromatic heterocycles. The van der Waals surface area contributed by atoms with E-state index in [0.717, 1.165) is 11.3 Å². The Hall–Kier alpha value is -0.981. The third-order valence-electron chi connectivity index (χ3n) is 1.65. The van der Waals surface area contributed by atoms with E-state index in [1.165, 1.54) is 0 Å². The molecule has 0 bridgehead atoms. The van der Waals surface area contributed by atoms with Gasteiger partial charge in [0, 0.05) is 6.20 Å². The zero-order valence-electron chi connectivity index (χ0n) is 10.9. The van der Waals surface area contributed by atoms with Gasteiger partial charge in [0.15, 0.2) is 0 Å². The van der Waals surface area contributed by atoms with Gasteiger partial charge in [0.05, 0.1) is 0 Å². The average Bonchev–Trinajstić information content (AvgIpc) is 2.34. The van der Waals surface area contributed by atoms with Crippen LogP contribution in [0.3, 0.4) is 0 Å². The number of benzene rings is 1. The molecular formula is C15H20IrN. The Balaban J connectivity index is -0.000000373. The molecule has 0 aliphatic heterocycles. The van der Waals surface area contributed by atoms with Crippen LogP contribution in [-0.4, -0.2) is 4.98 Å². The Bertz CT molecular complexity index is 308. The van der Waals surface area contributed by atoms with Gasteiger partial charge >= 0.3 is 20.1 Å². The Morgan fingerprint density at radius 3 is 2.06 bits per heavy atom. The van der Waals surface area contributed by atoms with Gasteiger partial charge in [-0.05, 0) is 11.8 Å². The van der Waals surface area contributed by atoms with Crippen LogP contribution in [0.2, 0.25) is 0 Å². The molecule has 1 heterocycles. The first-order valence-corrected chi connectivity index (χ1v) is 4.85. The van der Waals surface area contributed by atoms with E-state index in [1.807, 2.05) is 56.3 Å². The number of rotatable bonds is 1. The van der Waals surface area contributed by atoms with Crippen LogP contribution in [-0.2, 0) is 20.1 Å². The first kappa shape index (κ1) is 21.3. The van der Waals surface area contributed by atoms with Crippen LogP contribution in [0, 0.1) is 20.9 Å². The molecular weight excluding hydrogens is 386 g/mol. The van der Waals surface area contributed by atoms with Crippen molar-refractivity contribution < 1.29 is 20.1 Å². The Kier molecular flexibility index (Phi) is 16.4. The fourth-order valence-electron chi connectivity index (χ4n) is 1.07. The zero-order valence-corrected chi connectivity index (χ0v) is 13.3. The predicted octanol–water partition coefficient (Wildman–Crippen LogP) is 4.47. The molecule has 0 radical (unpaired) electrons. The Labute approximate surface area is 120 Å². The molecule has 0 saturated heterocycles. The third-order valence-corrected chi connectivity index (χ3v) is 1.65. The first-order chi connectivity index (χ1) is 6.97. The Morgan fingerprint density at radius 2 is 1.59 bits per heavy atom. The van der Waals surface area contributed by atoms with Crippen LogP contribution in [0.15, 0.2) is 48.7 Å². The average molecular weight is 407 g/mol. The van der Waals surface area contributed by atoms with Gasteiger partial charge < -0.3 is 19.8 Å². The molecule has 0 saturated carbocycles. The molecule has 0 N–H and O–H groups in total. The monoisotopic (exact) mass is 407 g/mol. The molecule has 0 unspecified atom stereocenters. The van der Waals surface area contributed by atoms with Crippen LogP contribution in [0.5, 0.6) is 0 Å². The van der Waals surface area contributed by atoms with Crippen molar-refractivity contribution in [2.24, 2.45) is 0 Å². The summed E-state index contributed by atoms with van der Waals surface area (Å²) in [6, 6.07) is 16.8. The van der Waals surface area contributed by atoms with Crippen molar-refractivity contribution >= 4 is 0 Å². The normalized spacial score (nSPS) is 7.18. The summed E-state index contributed by atoms with van der Waals surface area (Å²) in [6.45, 7) is 4.00. The Morgan fingerprint density at radius 1 is 0.941 bits per heavy atom. The van der Waals surface area contributed by atoms with E-state index in [1.54, 1.807) is 6.20 Å². The van der Waals surface area contributed by atoms with Crippen molar-refractivity contribution in [3.05, 3.63) is 69.6 Å². The van der Waals surface area contributed by atoms with Crippen molar-refractivity contribution in [1.82, 2.24) is 4.98 Å². The molecule has 0 aliphatic rings. The molecule has 1 nitrogen and oxygen atoms in total. The largest absolute Gasteiger partial charge is 3.00 e. The summed E-state index contributed by atoms with van der Waals surface area (Å²) in [6.07, 6.45) is 1.79. The number of aromatic nitrogens is 1. The van der Waals surface area contributed by atoms with Crippen molar-refractivity contribution in [3.63, 3.8) is 0 Å². The third kappa shape index (κ3) is 7.04. The van der Waals surface area contributed by atoms with Gasteiger partial charge in [0.25, 0.3) is 0 Å². The maximum atomic E-state index is 4.22. The van der Waals surface area contributed by atoms with Crippen LogP contribution in [0.4, 0.5) is 0 Å². The van der Waals surface area contributed by atoms with Gasteiger partial charge in [-0.15, -0.1) is 35.9 Å². The molecule has 2 aromatic rings. The fraction of sp³-hybridized carbons (Fsp3) is 0.133. The van der Waals surface area contributed by atoms with Crippen LogP contribution in [0.1, 0.15) is 13.8 Å². The summed E-state index contributed by atoms with van der Waals surface area (Å²) in [5.74, 6) is 0. The number of pyridine rings is 1. The van der Waals surface area contributed by atoms with E-state index in [2.05, 4.69) is 11.1 Å². The smallest absolute Gasteiger partial charge is 0.358 e. The molecule has 0 spiro atoms. The summed E-state index contributed by atoms with van der Waals surface area (Å²) in [4.78, 5) is 4.22. The van der Waals surface area contributed by atoms with Crippen LogP contribution >= 0.6 is 0 Å². The van der Waals surface area contributed by atoms with Gasteiger partial charge in [-0.25, -0.2) is 0 Å². The zero-order chi connectivity index (χ0) is 10.2. The number of nitrogens with zero attached hydrogens (tertiary/aromatic N) is 1. The summed E-state index contributed by atoms with van der Waals surface area (Å²) in [7, 11) is 0. The van der Waals surface area contributed by atoms with Crippen LogP contribution < -0.4 is 0 Å². The van der Waals surface area contributed by atoms with Crippen molar-refractivity contribution in [1.29, 1.82) is 0 Å². The maximum Gasteiger partial charge on any atom is 3.00 e. The molecule has 94 valence electrons. The minimum Gasteiger partial charge on any atom is -0.358 e. The van der Waals surface area contributed by atoms with E-state index in [-0.39, 0.29) is 35.0 Å². The topological polar surface area (TPSA) is 12.9 Å². The number of hydrogen-bond donors (Lipinski definition) is 0. The van der Waals surface area contributed by atoms with Gasteiger partial charge in [0.2, 0.25) is 0 Å². The summed E-state index contributed by atoms with van der Waals surface area (Å²) in [5, 5.41) is 0. The van der Waals surface area contributed by atoms with E-state index in [9.17, 15) is 0 Å². The molecule has 0 fully saturated rings. The predicted molar refractivity (Wildman–Crippen MR) is 72.7 cm³/mol. The second-order valence-corrected chi connectivity index (χ2v) is 2.49. The number of hydrogen-bond acceptors (Lipinski definition) is 1. The molecule has 0 atom stereocenters. The minimum absolute atomic E-state index is 0. The van der Waals surface area contributed by atoms with Gasteiger partial charge in [0.1, 0.15) is 0 Å². The molecule has 0 amide bonds. The second kappa shape index (κ2) is 13.1. The summed E-state index contributed by atoms with van der Waals surface area (Å²) >= 11 is 0. The van der Waals surface area contributed by atoms with Gasteiger partial charge in [-0.1, -0.05) is 26.0 Å². The molecule has 2 heteroatoms. The van der Waals surface area contributed by atoms with Crippen LogP contribution in [0.25, 0.3) is 11.3 Å². The molecule has 0 aliphatic carbocycles. The van der Waals surface area contributed by atoms with E-state index in [0.29, 0.717) is 0 Å². The van der Waals surface area contributed by atoms with E-state index in [4.69, 9.17) is 0 Å². The summed E-state index contributed by atoms with van der Waals surface area (Å²) in [5.41, 5.74) is 2.01. The maximum absolute atomic E-state index is 4.22. The minimum atomic E-state index is 0. The molecule has 1 aromatic carbocycles. The summed E-state index contributed by atoms with van der Waals surface area (Å²) < 4.78 is 0. The SMILES string of the molecule is CC.[CH3-].[CH3-].[Ir+3].[c-]1ccccc1-c1ccccn1. The van der Waals surface area contributed by atoms with Gasteiger partial charge in [-0.2, -0.15) is 0 Å². The standard InChI is InChI=1S/C11H8N.C2H6.2CH3.Ir/c1-2-6-10(7-3-1)11-8-4-5-9-12-11;1-2;;;/h1-6,8-9H;1-2H3;2*1H3;/q-1;;2*-1;+3. The first-order valence-electron chi connectivity index (χ1n) is 4.85. The van der Waals surface area contributed by atoms with Crippen molar-refractivity contribution in [3.8, 4) is 11.3 Å². The fourth-order valence-corrected chi connectivity index (χ4v) is 1.07. The second-order valence-electron chi connectivity index (χ2n) is 2.49.